The molecule has 0 saturated carbocycles. The highest BCUT2D eigenvalue weighted by Crippen LogP contribution is 2.12. The van der Waals surface area contributed by atoms with Gasteiger partial charge in [0.05, 0.1) is 18.7 Å². The molecule has 2 rings (SSSR count). The highest BCUT2D eigenvalue weighted by molar-refractivity contribution is 5.89. The average Bonchev–Trinajstić information content (AvgIpc) is 2.85. The molecule has 0 spiro atoms. The smallest absolute Gasteiger partial charge is 0.339 e. The van der Waals surface area contributed by atoms with Crippen molar-refractivity contribution >= 4 is 11.8 Å². The van der Waals surface area contributed by atoms with Gasteiger partial charge >= 0.3 is 5.97 Å². The van der Waals surface area contributed by atoms with E-state index in [1.54, 1.807) is 25.3 Å². The Labute approximate surface area is 118 Å². The van der Waals surface area contributed by atoms with Crippen molar-refractivity contribution in [3.8, 4) is 0 Å². The molecular formula is C14H18N4O2. The summed E-state index contributed by atoms with van der Waals surface area (Å²) in [4.78, 5) is 22.1. The normalized spacial score (nSPS) is 10.3. The summed E-state index contributed by atoms with van der Waals surface area (Å²) in [7, 11) is 3.88. The van der Waals surface area contributed by atoms with Gasteiger partial charge < -0.3 is 14.2 Å². The molecule has 0 radical (unpaired) electrons. The average molecular weight is 274 g/mol. The van der Waals surface area contributed by atoms with Gasteiger partial charge in [-0.1, -0.05) is 0 Å². The number of carbonyl (C=O) groups is 1. The lowest BCUT2D eigenvalue weighted by Gasteiger charge is -2.17. The summed E-state index contributed by atoms with van der Waals surface area (Å²) in [5.74, 6) is 1.38. The first-order valence-electron chi connectivity index (χ1n) is 6.42. The molecule has 2 aromatic rings. The van der Waals surface area contributed by atoms with Crippen LogP contribution in [-0.2, 0) is 18.3 Å². The summed E-state index contributed by atoms with van der Waals surface area (Å²) in [5.41, 5.74) is 0.459. The Hall–Kier alpha value is -2.37. The second-order valence-electron chi connectivity index (χ2n) is 4.44. The van der Waals surface area contributed by atoms with Crippen molar-refractivity contribution in [3.05, 3.63) is 42.1 Å². The van der Waals surface area contributed by atoms with Crippen molar-refractivity contribution in [1.82, 2.24) is 14.5 Å². The van der Waals surface area contributed by atoms with Crippen LogP contribution in [0, 0.1) is 0 Å². The van der Waals surface area contributed by atoms with E-state index in [2.05, 4.69) is 9.97 Å². The molecule has 0 N–H and O–H groups in total. The molecule has 2 heterocycles. The van der Waals surface area contributed by atoms with Gasteiger partial charge in [0.2, 0.25) is 0 Å². The zero-order chi connectivity index (χ0) is 14.5. The number of carbonyl (C=O) groups excluding carboxylic acids is 1. The maximum atomic E-state index is 11.5. The van der Waals surface area contributed by atoms with Crippen LogP contribution >= 0.6 is 0 Å². The quantitative estimate of drug-likeness (QED) is 0.775. The summed E-state index contributed by atoms with van der Waals surface area (Å²) in [6.07, 6.45) is 5.20. The monoisotopic (exact) mass is 274 g/mol. The summed E-state index contributed by atoms with van der Waals surface area (Å²) in [6, 6.07) is 3.52. The molecule has 6 heteroatoms. The lowest BCUT2D eigenvalue weighted by atomic mass is 10.3. The predicted octanol–water partition coefficient (Wildman–Crippen LogP) is 1.63. The van der Waals surface area contributed by atoms with Crippen LogP contribution in [0.1, 0.15) is 23.1 Å². The van der Waals surface area contributed by atoms with Crippen LogP contribution in [0.15, 0.2) is 30.7 Å². The van der Waals surface area contributed by atoms with Crippen molar-refractivity contribution in [2.75, 3.05) is 18.6 Å². The van der Waals surface area contributed by atoms with Gasteiger partial charge in [-0.2, -0.15) is 0 Å². The number of anilines is 1. The van der Waals surface area contributed by atoms with E-state index in [4.69, 9.17) is 4.74 Å². The molecule has 0 aromatic carbocycles. The second kappa shape index (κ2) is 6.18. The van der Waals surface area contributed by atoms with E-state index in [9.17, 15) is 4.79 Å². The van der Waals surface area contributed by atoms with Crippen LogP contribution < -0.4 is 4.90 Å². The fourth-order valence-electron chi connectivity index (χ4n) is 1.79. The molecule has 0 amide bonds. The van der Waals surface area contributed by atoms with E-state index in [1.807, 2.05) is 29.8 Å². The number of pyridine rings is 1. The lowest BCUT2D eigenvalue weighted by Crippen LogP contribution is -2.20. The molecule has 106 valence electrons. The van der Waals surface area contributed by atoms with Gasteiger partial charge in [-0.15, -0.1) is 0 Å². The third kappa shape index (κ3) is 3.14. The Morgan fingerprint density at radius 1 is 1.40 bits per heavy atom. The summed E-state index contributed by atoms with van der Waals surface area (Å²) in [5, 5.41) is 0. The first kappa shape index (κ1) is 14.0. The van der Waals surface area contributed by atoms with E-state index < -0.39 is 0 Å². The van der Waals surface area contributed by atoms with Crippen molar-refractivity contribution in [2.45, 2.75) is 13.5 Å². The Bertz CT molecular complexity index is 577. The minimum absolute atomic E-state index is 0.349. The standard InChI is InChI=1S/C14H18N4O2/c1-4-20-14(19)11-5-6-12(16-9-11)18(3)10-13-15-7-8-17(13)2/h5-9H,4,10H2,1-3H3. The number of ether oxygens (including phenoxy) is 1. The van der Waals surface area contributed by atoms with E-state index in [0.717, 1.165) is 11.6 Å². The maximum Gasteiger partial charge on any atom is 0.339 e. The summed E-state index contributed by atoms with van der Waals surface area (Å²) < 4.78 is 6.89. The summed E-state index contributed by atoms with van der Waals surface area (Å²) in [6.45, 7) is 2.79. The molecule has 0 unspecified atom stereocenters. The molecule has 0 saturated heterocycles. The highest BCUT2D eigenvalue weighted by atomic mass is 16.5. The second-order valence-corrected chi connectivity index (χ2v) is 4.44. The van der Waals surface area contributed by atoms with Crippen molar-refractivity contribution in [3.63, 3.8) is 0 Å². The van der Waals surface area contributed by atoms with Gasteiger partial charge in [0.15, 0.2) is 0 Å². The van der Waals surface area contributed by atoms with Gasteiger partial charge in [-0.05, 0) is 19.1 Å². The minimum Gasteiger partial charge on any atom is -0.462 e. The number of imidazole rings is 1. The van der Waals surface area contributed by atoms with Crippen molar-refractivity contribution in [2.24, 2.45) is 7.05 Å². The fourth-order valence-corrected chi connectivity index (χ4v) is 1.79. The molecular weight excluding hydrogens is 256 g/mol. The molecule has 20 heavy (non-hydrogen) atoms. The SMILES string of the molecule is CCOC(=O)c1ccc(N(C)Cc2nccn2C)nc1. The molecule has 0 fully saturated rings. The van der Waals surface area contributed by atoms with Gasteiger partial charge in [0.1, 0.15) is 11.6 Å². The van der Waals surface area contributed by atoms with Crippen LogP contribution in [0.25, 0.3) is 0 Å². The number of aromatic nitrogens is 3. The van der Waals surface area contributed by atoms with E-state index >= 15 is 0 Å². The third-order valence-electron chi connectivity index (χ3n) is 2.95. The topological polar surface area (TPSA) is 60.2 Å². The molecule has 0 aliphatic rings. The maximum absolute atomic E-state index is 11.5. The van der Waals surface area contributed by atoms with Crippen molar-refractivity contribution < 1.29 is 9.53 Å². The molecule has 2 aromatic heterocycles. The minimum atomic E-state index is -0.349. The highest BCUT2D eigenvalue weighted by Gasteiger charge is 2.10. The number of hydrogen-bond acceptors (Lipinski definition) is 5. The van der Waals surface area contributed by atoms with E-state index in [-0.39, 0.29) is 5.97 Å². The van der Waals surface area contributed by atoms with Gasteiger partial charge in [-0.25, -0.2) is 14.8 Å². The van der Waals surface area contributed by atoms with Crippen LogP contribution in [0.2, 0.25) is 0 Å². The Kier molecular flexibility index (Phi) is 4.34. The third-order valence-corrected chi connectivity index (χ3v) is 2.95. The zero-order valence-electron chi connectivity index (χ0n) is 11.9. The number of hydrogen-bond donors (Lipinski definition) is 0. The first-order valence-corrected chi connectivity index (χ1v) is 6.42. The Balaban J connectivity index is 2.06. The summed E-state index contributed by atoms with van der Waals surface area (Å²) >= 11 is 0. The zero-order valence-corrected chi connectivity index (χ0v) is 11.9. The van der Waals surface area contributed by atoms with Crippen LogP contribution in [0.3, 0.4) is 0 Å². The molecule has 6 nitrogen and oxygen atoms in total. The van der Waals surface area contributed by atoms with Crippen LogP contribution in [0.5, 0.6) is 0 Å². The number of nitrogens with zero attached hydrogens (tertiary/aromatic N) is 4. The predicted molar refractivity (Wildman–Crippen MR) is 75.5 cm³/mol. The number of rotatable bonds is 5. The lowest BCUT2D eigenvalue weighted by molar-refractivity contribution is 0.0526. The van der Waals surface area contributed by atoms with Crippen LogP contribution in [-0.4, -0.2) is 34.2 Å². The fraction of sp³-hybridized carbons (Fsp3) is 0.357. The van der Waals surface area contributed by atoms with Gasteiger partial charge in [0.25, 0.3) is 0 Å². The van der Waals surface area contributed by atoms with E-state index in [1.165, 1.54) is 6.20 Å². The number of aryl methyl sites for hydroxylation is 1. The Morgan fingerprint density at radius 3 is 2.75 bits per heavy atom. The van der Waals surface area contributed by atoms with Crippen LogP contribution in [0.4, 0.5) is 5.82 Å². The largest absolute Gasteiger partial charge is 0.462 e. The molecule has 0 aliphatic heterocycles. The van der Waals surface area contributed by atoms with Crippen molar-refractivity contribution in [1.29, 1.82) is 0 Å². The van der Waals surface area contributed by atoms with E-state index in [0.29, 0.717) is 18.7 Å². The molecule has 0 bridgehead atoms. The molecule has 0 atom stereocenters. The molecule has 0 aliphatic carbocycles. The number of esters is 1. The Morgan fingerprint density at radius 2 is 2.20 bits per heavy atom. The first-order chi connectivity index (χ1) is 9.61. The van der Waals surface area contributed by atoms with Gasteiger partial charge in [-0.3, -0.25) is 0 Å². The van der Waals surface area contributed by atoms with Gasteiger partial charge in [0, 0.05) is 32.7 Å².